The zero-order valence-electron chi connectivity index (χ0n) is 17.5. The van der Waals surface area contributed by atoms with Crippen LogP contribution in [0.15, 0.2) is 48.5 Å². The molecule has 0 unspecified atom stereocenters. The Balaban J connectivity index is 0.00000272. The summed E-state index contributed by atoms with van der Waals surface area (Å²) in [5.41, 5.74) is 0.550. The molecule has 0 bridgehead atoms. The van der Waals surface area contributed by atoms with Crippen molar-refractivity contribution < 1.29 is 19.4 Å². The minimum Gasteiger partial charge on any atom is -0.504 e. The summed E-state index contributed by atoms with van der Waals surface area (Å²) in [5, 5.41) is 10.1. The number of benzene rings is 2. The molecular weight excluding hydrogens is 416 g/mol. The standard InChI is InChI=1S/C24H26N2O4.ClH/c1-25-23(19-8-9-21(29-2)20(27)16-19)12-14-26(15-13-23)24(10-11-24)22(28)30-17-18-6-4-3-5-7-18;/h3-9,16,27H,10-15,17H2,2H3;1H. The fourth-order valence-electron chi connectivity index (χ4n) is 4.37. The van der Waals surface area contributed by atoms with Gasteiger partial charge in [0.2, 0.25) is 0 Å². The van der Waals surface area contributed by atoms with Gasteiger partial charge in [0, 0.05) is 31.5 Å². The Bertz CT molecular complexity index is 961. The number of carbonyl (C=O) groups is 1. The van der Waals surface area contributed by atoms with Crippen LogP contribution in [0, 0.1) is 6.57 Å². The third-order valence-corrected chi connectivity index (χ3v) is 6.44. The highest BCUT2D eigenvalue weighted by Crippen LogP contribution is 2.48. The molecule has 0 radical (unpaired) electrons. The number of aromatic hydroxyl groups is 1. The van der Waals surface area contributed by atoms with Crippen molar-refractivity contribution in [2.45, 2.75) is 43.4 Å². The lowest BCUT2D eigenvalue weighted by molar-refractivity contribution is -0.154. The Labute approximate surface area is 189 Å². The minimum atomic E-state index is -0.690. The van der Waals surface area contributed by atoms with E-state index in [1.54, 1.807) is 12.1 Å². The number of rotatable bonds is 6. The molecule has 2 aromatic carbocycles. The molecule has 1 aliphatic carbocycles. The first kappa shape index (κ1) is 22.9. The number of phenolic OH excluding ortho intramolecular Hbond substituents is 1. The van der Waals surface area contributed by atoms with Gasteiger partial charge in [0.1, 0.15) is 12.1 Å². The van der Waals surface area contributed by atoms with Crippen LogP contribution in [0.1, 0.15) is 36.8 Å². The first-order valence-corrected chi connectivity index (χ1v) is 10.3. The average Bonchev–Trinajstić information content (AvgIpc) is 3.60. The van der Waals surface area contributed by atoms with Gasteiger partial charge in [0.15, 0.2) is 11.5 Å². The van der Waals surface area contributed by atoms with Crippen LogP contribution in [0.2, 0.25) is 0 Å². The van der Waals surface area contributed by atoms with Gasteiger partial charge in [-0.25, -0.2) is 6.57 Å². The molecule has 1 saturated carbocycles. The molecule has 7 heteroatoms. The van der Waals surface area contributed by atoms with Gasteiger partial charge in [-0.05, 0) is 36.6 Å². The van der Waals surface area contributed by atoms with Crippen molar-refractivity contribution in [3.8, 4) is 11.5 Å². The van der Waals surface area contributed by atoms with E-state index in [1.165, 1.54) is 7.11 Å². The number of methoxy groups -OCH3 is 1. The molecule has 2 aromatic rings. The molecule has 1 aliphatic heterocycles. The largest absolute Gasteiger partial charge is 0.504 e. The average molecular weight is 443 g/mol. The number of nitrogens with zero attached hydrogens (tertiary/aromatic N) is 2. The Morgan fingerprint density at radius 2 is 1.81 bits per heavy atom. The fourth-order valence-corrected chi connectivity index (χ4v) is 4.37. The maximum atomic E-state index is 12.8. The molecule has 1 heterocycles. The minimum absolute atomic E-state index is 0. The quantitative estimate of drug-likeness (QED) is 0.533. The van der Waals surface area contributed by atoms with Crippen LogP contribution in [0.3, 0.4) is 0 Å². The second kappa shape index (κ2) is 9.17. The van der Waals surface area contributed by atoms with E-state index in [0.717, 1.165) is 24.0 Å². The van der Waals surface area contributed by atoms with E-state index in [9.17, 15) is 9.90 Å². The van der Waals surface area contributed by atoms with E-state index in [-0.39, 0.29) is 30.7 Å². The van der Waals surface area contributed by atoms with E-state index in [4.69, 9.17) is 16.0 Å². The number of esters is 1. The SMILES string of the molecule is Cl.[C-]#[N+]C1(c2ccc(OC)c(O)c2)CCN(C2(C(=O)OCc3ccccc3)CC2)CC1. The Morgan fingerprint density at radius 1 is 1.13 bits per heavy atom. The third kappa shape index (κ3) is 4.34. The first-order valence-electron chi connectivity index (χ1n) is 10.3. The summed E-state index contributed by atoms with van der Waals surface area (Å²) in [6.07, 6.45) is 2.82. The lowest BCUT2D eigenvalue weighted by Crippen LogP contribution is -2.51. The number of hydrogen-bond acceptors (Lipinski definition) is 5. The summed E-state index contributed by atoms with van der Waals surface area (Å²) in [6.45, 7) is 9.42. The van der Waals surface area contributed by atoms with Crippen molar-refractivity contribution in [2.24, 2.45) is 0 Å². The predicted octanol–water partition coefficient (Wildman–Crippen LogP) is 4.31. The summed E-state index contributed by atoms with van der Waals surface area (Å²) >= 11 is 0. The first-order chi connectivity index (χ1) is 14.5. The van der Waals surface area contributed by atoms with E-state index >= 15 is 0 Å². The van der Waals surface area contributed by atoms with E-state index in [0.29, 0.717) is 31.7 Å². The molecule has 1 saturated heterocycles. The highest BCUT2D eigenvalue weighted by molar-refractivity contribution is 5.85. The van der Waals surface area contributed by atoms with Crippen molar-refractivity contribution in [1.29, 1.82) is 0 Å². The van der Waals surface area contributed by atoms with Gasteiger partial charge in [-0.1, -0.05) is 30.3 Å². The van der Waals surface area contributed by atoms with E-state index in [2.05, 4.69) is 9.74 Å². The molecule has 4 rings (SSSR count). The highest BCUT2D eigenvalue weighted by Gasteiger charge is 2.58. The molecule has 0 atom stereocenters. The van der Waals surface area contributed by atoms with Crippen LogP contribution in [-0.4, -0.2) is 41.7 Å². The molecule has 0 aromatic heterocycles. The normalized spacial score (nSPS) is 18.8. The van der Waals surface area contributed by atoms with Crippen LogP contribution < -0.4 is 4.74 Å². The molecule has 0 spiro atoms. The zero-order chi connectivity index (χ0) is 21.2. The van der Waals surface area contributed by atoms with Crippen LogP contribution in [0.4, 0.5) is 0 Å². The van der Waals surface area contributed by atoms with Crippen LogP contribution in [0.25, 0.3) is 4.85 Å². The van der Waals surface area contributed by atoms with Gasteiger partial charge in [-0.15, -0.1) is 12.4 Å². The maximum Gasteiger partial charge on any atom is 0.326 e. The van der Waals surface area contributed by atoms with Crippen LogP contribution in [-0.2, 0) is 21.7 Å². The summed E-state index contributed by atoms with van der Waals surface area (Å²) in [6, 6.07) is 14.9. The van der Waals surface area contributed by atoms with Gasteiger partial charge >= 0.3 is 5.97 Å². The molecule has 2 fully saturated rings. The number of piperidine rings is 1. The van der Waals surface area contributed by atoms with Crippen molar-refractivity contribution in [3.63, 3.8) is 0 Å². The fraction of sp³-hybridized carbons (Fsp3) is 0.417. The lowest BCUT2D eigenvalue weighted by Gasteiger charge is -2.38. The van der Waals surface area contributed by atoms with E-state index in [1.807, 2.05) is 36.4 Å². The highest BCUT2D eigenvalue weighted by atomic mass is 35.5. The second-order valence-electron chi connectivity index (χ2n) is 8.11. The molecule has 0 amide bonds. The number of ether oxygens (including phenoxy) is 2. The number of halogens is 1. The Kier molecular flexibility index (Phi) is 6.78. The summed E-state index contributed by atoms with van der Waals surface area (Å²) < 4.78 is 10.7. The summed E-state index contributed by atoms with van der Waals surface area (Å²) in [4.78, 5) is 19.0. The smallest absolute Gasteiger partial charge is 0.326 e. The molecule has 1 N–H and O–H groups in total. The van der Waals surface area contributed by atoms with Gasteiger partial charge in [-0.2, -0.15) is 0 Å². The molecule has 2 aliphatic rings. The predicted molar refractivity (Wildman–Crippen MR) is 119 cm³/mol. The monoisotopic (exact) mass is 442 g/mol. The lowest BCUT2D eigenvalue weighted by atomic mass is 9.81. The molecule has 164 valence electrons. The summed E-state index contributed by atoms with van der Waals surface area (Å²) in [5.74, 6) is 0.279. The Morgan fingerprint density at radius 3 is 2.35 bits per heavy atom. The van der Waals surface area contributed by atoms with Crippen LogP contribution in [0.5, 0.6) is 11.5 Å². The van der Waals surface area contributed by atoms with Crippen molar-refractivity contribution in [1.82, 2.24) is 4.90 Å². The van der Waals surface area contributed by atoms with Gasteiger partial charge in [0.25, 0.3) is 5.54 Å². The number of carbonyl (C=O) groups excluding carboxylic acids is 1. The topological polar surface area (TPSA) is 63.4 Å². The number of phenols is 1. The van der Waals surface area contributed by atoms with Gasteiger partial charge in [-0.3, -0.25) is 9.69 Å². The second-order valence-corrected chi connectivity index (χ2v) is 8.11. The number of hydrogen-bond donors (Lipinski definition) is 1. The van der Waals surface area contributed by atoms with Crippen molar-refractivity contribution >= 4 is 18.4 Å². The molecule has 6 nitrogen and oxygen atoms in total. The molecular formula is C24H27ClN2O4. The van der Waals surface area contributed by atoms with E-state index < -0.39 is 11.1 Å². The van der Waals surface area contributed by atoms with Crippen molar-refractivity contribution in [2.75, 3.05) is 20.2 Å². The zero-order valence-corrected chi connectivity index (χ0v) is 18.4. The summed E-state index contributed by atoms with van der Waals surface area (Å²) in [7, 11) is 1.50. The van der Waals surface area contributed by atoms with Gasteiger partial charge in [0.05, 0.1) is 7.11 Å². The van der Waals surface area contributed by atoms with Crippen LogP contribution >= 0.6 is 12.4 Å². The number of likely N-dealkylation sites (tertiary alicyclic amines) is 1. The molecule has 31 heavy (non-hydrogen) atoms. The van der Waals surface area contributed by atoms with Crippen molar-refractivity contribution in [3.05, 3.63) is 71.1 Å². The third-order valence-electron chi connectivity index (χ3n) is 6.44. The maximum absolute atomic E-state index is 12.8. The van der Waals surface area contributed by atoms with Gasteiger partial charge < -0.3 is 19.4 Å². The Hall–Kier alpha value is -2.75.